The van der Waals surface area contributed by atoms with Crippen LogP contribution in [-0.4, -0.2) is 28.1 Å². The Bertz CT molecular complexity index is 851. The summed E-state index contributed by atoms with van der Waals surface area (Å²) in [6, 6.07) is 11.0. The van der Waals surface area contributed by atoms with Crippen LogP contribution < -0.4 is 5.32 Å². The molecule has 1 aromatic carbocycles. The van der Waals surface area contributed by atoms with Crippen LogP contribution in [0.5, 0.6) is 0 Å². The van der Waals surface area contributed by atoms with Crippen LogP contribution in [-0.2, 0) is 4.79 Å². The fourth-order valence-corrected chi connectivity index (χ4v) is 2.32. The van der Waals surface area contributed by atoms with Crippen molar-refractivity contribution in [3.8, 4) is 0 Å². The highest BCUT2D eigenvalue weighted by Gasteiger charge is 2.12. The summed E-state index contributed by atoms with van der Waals surface area (Å²) in [4.78, 5) is 18.9. The minimum atomic E-state index is -0.960. The highest BCUT2D eigenvalue weighted by molar-refractivity contribution is 6.21. The van der Waals surface area contributed by atoms with E-state index < -0.39 is 5.97 Å². The van der Waals surface area contributed by atoms with Crippen molar-refractivity contribution in [2.75, 3.05) is 12.4 Å². The average Bonchev–Trinajstić information content (AvgIpc) is 2.95. The normalized spacial score (nSPS) is 11.6. The highest BCUT2D eigenvalue weighted by atomic mass is 16.4. The molecule has 0 atom stereocenters. The molecule has 0 saturated carbocycles. The van der Waals surface area contributed by atoms with E-state index in [1.54, 1.807) is 30.6 Å². The van der Waals surface area contributed by atoms with Gasteiger partial charge >= 0.3 is 5.97 Å². The monoisotopic (exact) mass is 293 g/mol. The van der Waals surface area contributed by atoms with E-state index >= 15 is 0 Å². The Balaban J connectivity index is 2.14. The van der Waals surface area contributed by atoms with Crippen LogP contribution in [0.3, 0.4) is 0 Å². The molecule has 0 bridgehead atoms. The molecule has 2 aromatic heterocycles. The van der Waals surface area contributed by atoms with E-state index in [4.69, 9.17) is 0 Å². The molecule has 3 aromatic rings. The molecule has 0 aliphatic heterocycles. The largest absolute Gasteiger partial charge is 0.478 e. The number of fused-ring (bicyclic) bond motifs is 1. The number of anilines is 1. The van der Waals surface area contributed by atoms with E-state index in [1.165, 1.54) is 0 Å². The second-order valence-electron chi connectivity index (χ2n) is 4.84. The van der Waals surface area contributed by atoms with E-state index in [-0.39, 0.29) is 5.57 Å². The van der Waals surface area contributed by atoms with Gasteiger partial charge in [0.1, 0.15) is 5.65 Å². The third-order valence-corrected chi connectivity index (χ3v) is 3.47. The van der Waals surface area contributed by atoms with Crippen LogP contribution in [0.25, 0.3) is 22.7 Å². The van der Waals surface area contributed by atoms with Crippen molar-refractivity contribution in [2.24, 2.45) is 0 Å². The summed E-state index contributed by atoms with van der Waals surface area (Å²) >= 11 is 0. The van der Waals surface area contributed by atoms with Gasteiger partial charge in [0.05, 0.1) is 17.5 Å². The molecule has 0 radical (unpaired) electrons. The number of aliphatic carboxylic acids is 1. The zero-order chi connectivity index (χ0) is 15.5. The van der Waals surface area contributed by atoms with E-state index in [0.29, 0.717) is 5.56 Å². The van der Waals surface area contributed by atoms with Crippen LogP contribution in [0.1, 0.15) is 11.1 Å². The molecule has 0 amide bonds. The number of nitrogens with zero attached hydrogens (tertiary/aromatic N) is 1. The molecule has 110 valence electrons. The highest BCUT2D eigenvalue weighted by Crippen LogP contribution is 2.25. The summed E-state index contributed by atoms with van der Waals surface area (Å²) in [6.07, 6.45) is 5.15. The lowest BCUT2D eigenvalue weighted by Gasteiger charge is -2.03. The van der Waals surface area contributed by atoms with Crippen molar-refractivity contribution in [3.05, 3.63) is 59.9 Å². The summed E-state index contributed by atoms with van der Waals surface area (Å²) in [5.41, 5.74) is 3.31. The van der Waals surface area contributed by atoms with Crippen molar-refractivity contribution in [2.45, 2.75) is 0 Å². The van der Waals surface area contributed by atoms with Crippen LogP contribution in [0, 0.1) is 0 Å². The van der Waals surface area contributed by atoms with Gasteiger partial charge in [-0.15, -0.1) is 0 Å². The van der Waals surface area contributed by atoms with Crippen LogP contribution in [0.4, 0.5) is 5.69 Å². The lowest BCUT2D eigenvalue weighted by molar-refractivity contribution is -0.130. The minimum absolute atomic E-state index is 0.247. The van der Waals surface area contributed by atoms with Crippen molar-refractivity contribution >= 4 is 34.3 Å². The van der Waals surface area contributed by atoms with Gasteiger partial charge in [-0.1, -0.05) is 30.3 Å². The summed E-state index contributed by atoms with van der Waals surface area (Å²) in [5.74, 6) is -0.960. The molecule has 5 heteroatoms. The number of rotatable bonds is 4. The van der Waals surface area contributed by atoms with Gasteiger partial charge in [0.25, 0.3) is 0 Å². The number of hydrogen-bond acceptors (Lipinski definition) is 3. The smallest absolute Gasteiger partial charge is 0.336 e. The molecule has 2 heterocycles. The van der Waals surface area contributed by atoms with Crippen molar-refractivity contribution < 1.29 is 9.90 Å². The Morgan fingerprint density at radius 3 is 2.77 bits per heavy atom. The lowest BCUT2D eigenvalue weighted by Crippen LogP contribution is -1.99. The zero-order valence-corrected chi connectivity index (χ0v) is 12.0. The molecular weight excluding hydrogens is 278 g/mol. The first kappa shape index (κ1) is 13.9. The quantitative estimate of drug-likeness (QED) is 0.645. The van der Waals surface area contributed by atoms with Crippen molar-refractivity contribution in [1.82, 2.24) is 9.97 Å². The standard InChI is InChI=1S/C17H15N3O2/c1-18-13-8-14-12(9-19-16(14)20-10-13)7-15(17(21)22)11-5-3-2-4-6-11/h2-10,18H,1H3,(H,19,20)(H,21,22). The summed E-state index contributed by atoms with van der Waals surface area (Å²) in [5, 5.41) is 13.4. The molecule has 0 saturated heterocycles. The van der Waals surface area contributed by atoms with Crippen molar-refractivity contribution in [1.29, 1.82) is 0 Å². The number of benzene rings is 1. The first-order valence-corrected chi connectivity index (χ1v) is 6.84. The van der Waals surface area contributed by atoms with Gasteiger partial charge in [-0.2, -0.15) is 0 Å². The van der Waals surface area contributed by atoms with Crippen LogP contribution >= 0.6 is 0 Å². The maximum absolute atomic E-state index is 11.6. The molecule has 3 rings (SSSR count). The number of carbonyl (C=O) groups is 1. The zero-order valence-electron chi connectivity index (χ0n) is 12.0. The first-order valence-electron chi connectivity index (χ1n) is 6.84. The van der Waals surface area contributed by atoms with Gasteiger partial charge in [0, 0.05) is 24.2 Å². The predicted octanol–water partition coefficient (Wildman–Crippen LogP) is 3.23. The number of H-pyrrole nitrogens is 1. The molecule has 5 nitrogen and oxygen atoms in total. The molecule has 22 heavy (non-hydrogen) atoms. The van der Waals surface area contributed by atoms with E-state index in [1.807, 2.05) is 31.3 Å². The first-order chi connectivity index (χ1) is 10.7. The number of aromatic nitrogens is 2. The van der Waals surface area contributed by atoms with Gasteiger partial charge in [-0.05, 0) is 17.7 Å². The Labute approximate surface area is 127 Å². The molecular formula is C17H15N3O2. The number of pyridine rings is 1. The average molecular weight is 293 g/mol. The fraction of sp³-hybridized carbons (Fsp3) is 0.0588. The van der Waals surface area contributed by atoms with Gasteiger partial charge < -0.3 is 15.4 Å². The molecule has 0 aliphatic carbocycles. The van der Waals surface area contributed by atoms with Gasteiger partial charge in [0.2, 0.25) is 0 Å². The van der Waals surface area contributed by atoms with Gasteiger partial charge in [-0.3, -0.25) is 0 Å². The number of carboxylic acid groups (broad SMARTS) is 1. The van der Waals surface area contributed by atoms with E-state index in [9.17, 15) is 9.90 Å². The second kappa shape index (κ2) is 5.73. The molecule has 0 unspecified atom stereocenters. The number of nitrogens with one attached hydrogen (secondary N) is 2. The third-order valence-electron chi connectivity index (χ3n) is 3.47. The Kier molecular flexibility index (Phi) is 3.62. The predicted molar refractivity (Wildman–Crippen MR) is 87.6 cm³/mol. The van der Waals surface area contributed by atoms with Gasteiger partial charge in [0.15, 0.2) is 0 Å². The number of aromatic amines is 1. The Morgan fingerprint density at radius 1 is 1.32 bits per heavy atom. The molecule has 0 aliphatic rings. The van der Waals surface area contributed by atoms with Gasteiger partial charge in [-0.25, -0.2) is 9.78 Å². The summed E-state index contributed by atoms with van der Waals surface area (Å²) in [7, 11) is 1.82. The van der Waals surface area contributed by atoms with E-state index in [2.05, 4.69) is 15.3 Å². The molecule has 0 fully saturated rings. The Morgan fingerprint density at radius 2 is 2.09 bits per heavy atom. The summed E-state index contributed by atoms with van der Waals surface area (Å²) < 4.78 is 0. The summed E-state index contributed by atoms with van der Waals surface area (Å²) in [6.45, 7) is 0. The minimum Gasteiger partial charge on any atom is -0.478 e. The maximum Gasteiger partial charge on any atom is 0.336 e. The maximum atomic E-state index is 11.6. The SMILES string of the molecule is CNc1cnc2[nH]cc(C=C(C(=O)O)c3ccccc3)c2c1. The topological polar surface area (TPSA) is 78.0 Å². The number of hydrogen-bond donors (Lipinski definition) is 3. The van der Waals surface area contributed by atoms with Crippen LogP contribution in [0.15, 0.2) is 48.8 Å². The number of carboxylic acids is 1. The van der Waals surface area contributed by atoms with E-state index in [0.717, 1.165) is 22.3 Å². The fourth-order valence-electron chi connectivity index (χ4n) is 2.32. The Hall–Kier alpha value is -3.08. The third kappa shape index (κ3) is 2.56. The molecule has 3 N–H and O–H groups in total. The second-order valence-corrected chi connectivity index (χ2v) is 4.84. The molecule has 0 spiro atoms. The van der Waals surface area contributed by atoms with Crippen molar-refractivity contribution in [3.63, 3.8) is 0 Å². The lowest BCUT2D eigenvalue weighted by atomic mass is 10.0. The van der Waals surface area contributed by atoms with Crippen LogP contribution in [0.2, 0.25) is 0 Å².